The lowest BCUT2D eigenvalue weighted by molar-refractivity contribution is 1.08. The second-order valence-electron chi connectivity index (χ2n) is 9.14. The van der Waals surface area contributed by atoms with Crippen LogP contribution in [0, 0.1) is 0 Å². The summed E-state index contributed by atoms with van der Waals surface area (Å²) in [5.74, 6) is 0. The average molecular weight is 507 g/mol. The molecule has 8 heteroatoms. The molecule has 0 saturated heterocycles. The first-order valence-electron chi connectivity index (χ1n) is 12.0. The van der Waals surface area contributed by atoms with Crippen LogP contribution in [0.15, 0.2) is 104 Å². The van der Waals surface area contributed by atoms with Gasteiger partial charge in [-0.1, -0.05) is 42.5 Å². The second-order valence-corrected chi connectivity index (χ2v) is 9.14. The number of para-hydroxylation sites is 2. The predicted octanol–water partition coefficient (Wildman–Crippen LogP) is 3.95. The minimum absolute atomic E-state index is 0.291. The lowest BCUT2D eigenvalue weighted by Gasteiger charge is -2.30. The van der Waals surface area contributed by atoms with Crippen LogP contribution in [0.4, 0.5) is 45.5 Å². The summed E-state index contributed by atoms with van der Waals surface area (Å²) in [5, 5.41) is 0. The molecule has 5 aromatic rings. The molecule has 190 valence electrons. The zero-order valence-electron chi connectivity index (χ0n) is 21.5. The van der Waals surface area contributed by atoms with Gasteiger partial charge in [0.25, 0.3) is 21.7 Å². The fraction of sp³-hybridized carbons (Fsp3) is 0.133. The molecular formula is C30H26N4O4. The van der Waals surface area contributed by atoms with Gasteiger partial charge >= 0.3 is 0 Å². The van der Waals surface area contributed by atoms with Gasteiger partial charge in [0.15, 0.2) is 0 Å². The van der Waals surface area contributed by atoms with E-state index >= 15 is 0 Å². The fourth-order valence-electron chi connectivity index (χ4n) is 4.71. The summed E-state index contributed by atoms with van der Waals surface area (Å²) < 4.78 is 0. The first kappa shape index (κ1) is 24.7. The van der Waals surface area contributed by atoms with Crippen molar-refractivity contribution in [1.29, 1.82) is 0 Å². The second kappa shape index (κ2) is 9.48. The topological polar surface area (TPSA) is 81.2 Å². The average Bonchev–Trinajstić information content (AvgIpc) is 2.97. The highest BCUT2D eigenvalue weighted by molar-refractivity contribution is 5.87. The molecule has 5 aromatic carbocycles. The third-order valence-corrected chi connectivity index (χ3v) is 6.95. The highest BCUT2D eigenvalue weighted by Crippen LogP contribution is 2.36. The van der Waals surface area contributed by atoms with E-state index in [9.17, 15) is 19.2 Å². The summed E-state index contributed by atoms with van der Waals surface area (Å²) in [5.41, 5.74) is 1.91. The van der Waals surface area contributed by atoms with Crippen LogP contribution >= 0.6 is 0 Å². The molecule has 8 nitrogen and oxygen atoms in total. The standard InChI is InChI=1S/C30H26N4O4/c1-31(19-12-7-5-8-13-19)23-25(29(37)27(23)35)33(3)21-16-11-17-22(18-21)34(4)26-24(28(36)30(26)38)32(2)20-14-9-6-10-15-20/h5-18H,1-4H3. The maximum Gasteiger partial charge on any atom is 0.253 e. The maximum atomic E-state index is 12.7. The van der Waals surface area contributed by atoms with E-state index in [4.69, 9.17) is 0 Å². The quantitative estimate of drug-likeness (QED) is 0.293. The van der Waals surface area contributed by atoms with Gasteiger partial charge in [0, 0.05) is 50.9 Å². The van der Waals surface area contributed by atoms with Gasteiger partial charge in [-0.05, 0) is 42.5 Å². The third-order valence-electron chi connectivity index (χ3n) is 6.95. The summed E-state index contributed by atoms with van der Waals surface area (Å²) in [6.45, 7) is 0. The Labute approximate surface area is 219 Å². The summed E-state index contributed by atoms with van der Waals surface area (Å²) in [7, 11) is 6.96. The molecule has 0 bridgehead atoms. The van der Waals surface area contributed by atoms with Gasteiger partial charge in [0.1, 0.15) is 22.7 Å². The van der Waals surface area contributed by atoms with Gasteiger partial charge in [-0.25, -0.2) is 0 Å². The largest absolute Gasteiger partial charge is 0.339 e. The predicted molar refractivity (Wildman–Crippen MR) is 154 cm³/mol. The smallest absolute Gasteiger partial charge is 0.253 e. The fourth-order valence-corrected chi connectivity index (χ4v) is 4.71. The van der Waals surface area contributed by atoms with Gasteiger partial charge in [-0.3, -0.25) is 19.2 Å². The number of hydrogen-bond acceptors (Lipinski definition) is 8. The highest BCUT2D eigenvalue weighted by Gasteiger charge is 2.30. The Kier molecular flexibility index (Phi) is 6.16. The summed E-state index contributed by atoms with van der Waals surface area (Å²) in [6.07, 6.45) is 0. The van der Waals surface area contributed by atoms with Crippen molar-refractivity contribution in [3.63, 3.8) is 0 Å². The lowest BCUT2D eigenvalue weighted by Crippen LogP contribution is -2.42. The number of nitrogens with zero attached hydrogens (tertiary/aromatic N) is 4. The van der Waals surface area contributed by atoms with Crippen LogP contribution in [0.5, 0.6) is 0 Å². The molecule has 0 spiro atoms. The van der Waals surface area contributed by atoms with Crippen LogP contribution in [0.3, 0.4) is 0 Å². The normalized spacial score (nSPS) is 11.1. The Balaban J connectivity index is 1.48. The summed E-state index contributed by atoms with van der Waals surface area (Å²) in [6, 6.07) is 25.9. The van der Waals surface area contributed by atoms with Crippen LogP contribution in [0.1, 0.15) is 0 Å². The van der Waals surface area contributed by atoms with E-state index in [-0.39, 0.29) is 0 Å². The first-order valence-corrected chi connectivity index (χ1v) is 12.0. The van der Waals surface area contributed by atoms with E-state index in [2.05, 4.69) is 0 Å². The molecule has 0 amide bonds. The molecule has 38 heavy (non-hydrogen) atoms. The molecule has 0 saturated carbocycles. The number of benzene rings is 3. The van der Waals surface area contributed by atoms with Gasteiger partial charge < -0.3 is 19.6 Å². The third kappa shape index (κ3) is 3.87. The van der Waals surface area contributed by atoms with Gasteiger partial charge in [0.05, 0.1) is 0 Å². The zero-order valence-corrected chi connectivity index (χ0v) is 21.5. The van der Waals surface area contributed by atoms with E-state index in [1.165, 1.54) is 0 Å². The molecule has 0 radical (unpaired) electrons. The van der Waals surface area contributed by atoms with Crippen molar-refractivity contribution < 1.29 is 0 Å². The Morgan fingerprint density at radius 2 is 0.632 bits per heavy atom. The molecule has 0 unspecified atom stereocenters. The highest BCUT2D eigenvalue weighted by atomic mass is 16.2. The Morgan fingerprint density at radius 1 is 0.368 bits per heavy atom. The molecule has 0 fully saturated rings. The van der Waals surface area contributed by atoms with E-state index < -0.39 is 21.7 Å². The summed E-state index contributed by atoms with van der Waals surface area (Å²) >= 11 is 0. The van der Waals surface area contributed by atoms with Crippen LogP contribution < -0.4 is 41.3 Å². The number of anilines is 8. The van der Waals surface area contributed by atoms with Gasteiger partial charge in [0.2, 0.25) is 0 Å². The Morgan fingerprint density at radius 3 is 0.947 bits per heavy atom. The monoisotopic (exact) mass is 506 g/mol. The van der Waals surface area contributed by atoms with E-state index in [0.717, 1.165) is 11.4 Å². The molecule has 0 aliphatic carbocycles. The number of rotatable bonds is 8. The van der Waals surface area contributed by atoms with Crippen LogP contribution in [-0.2, 0) is 0 Å². The molecule has 0 heterocycles. The molecule has 5 rings (SSSR count). The lowest BCUT2D eigenvalue weighted by atomic mass is 10.1. The molecule has 0 aliphatic heterocycles. The maximum absolute atomic E-state index is 12.7. The van der Waals surface area contributed by atoms with Crippen molar-refractivity contribution in [2.45, 2.75) is 0 Å². The van der Waals surface area contributed by atoms with Gasteiger partial charge in [-0.15, -0.1) is 0 Å². The Hall–Kier alpha value is -4.98. The van der Waals surface area contributed by atoms with Crippen molar-refractivity contribution in [1.82, 2.24) is 0 Å². The van der Waals surface area contributed by atoms with E-state index in [1.54, 1.807) is 53.9 Å². The van der Waals surface area contributed by atoms with Crippen LogP contribution in [0.2, 0.25) is 0 Å². The molecule has 0 atom stereocenters. The van der Waals surface area contributed by atoms with E-state index in [0.29, 0.717) is 34.1 Å². The molecular weight excluding hydrogens is 480 g/mol. The molecule has 0 N–H and O–H groups in total. The van der Waals surface area contributed by atoms with E-state index in [1.807, 2.05) is 78.9 Å². The number of hydrogen-bond donors (Lipinski definition) is 0. The minimum atomic E-state index is -0.557. The van der Waals surface area contributed by atoms with Crippen molar-refractivity contribution in [3.8, 4) is 0 Å². The first-order chi connectivity index (χ1) is 18.2. The zero-order chi connectivity index (χ0) is 27.1. The van der Waals surface area contributed by atoms with Crippen LogP contribution in [-0.4, -0.2) is 28.2 Å². The minimum Gasteiger partial charge on any atom is -0.339 e. The van der Waals surface area contributed by atoms with Crippen molar-refractivity contribution >= 4 is 45.5 Å². The van der Waals surface area contributed by atoms with Crippen molar-refractivity contribution in [2.75, 3.05) is 47.8 Å². The molecule has 0 aliphatic rings. The molecule has 0 aromatic heterocycles. The summed E-state index contributed by atoms with van der Waals surface area (Å²) in [4.78, 5) is 57.2. The van der Waals surface area contributed by atoms with Gasteiger partial charge in [-0.2, -0.15) is 0 Å². The SMILES string of the molecule is CN(c1ccccc1)c1c(N(C)c2cccc(N(C)c3c(N(C)c4ccccc4)c(=O)c3=O)c2)c(=O)c1=O. The van der Waals surface area contributed by atoms with Crippen molar-refractivity contribution in [3.05, 3.63) is 126 Å². The van der Waals surface area contributed by atoms with Crippen LogP contribution in [0.25, 0.3) is 0 Å². The van der Waals surface area contributed by atoms with Crippen molar-refractivity contribution in [2.24, 2.45) is 0 Å². The Bertz CT molecular complexity index is 1640.